The third-order valence-corrected chi connectivity index (χ3v) is 7.30. The van der Waals surface area contributed by atoms with Gasteiger partial charge >= 0.3 is 12.1 Å². The van der Waals surface area contributed by atoms with Crippen LogP contribution in [-0.2, 0) is 40.3 Å². The number of nitrogens with one attached hydrogen (secondary N) is 1. The number of aliphatic carboxylic acids is 1. The van der Waals surface area contributed by atoms with E-state index in [1.807, 2.05) is 60.7 Å². The molecule has 0 saturated carbocycles. The number of ketones is 1. The lowest BCUT2D eigenvalue weighted by molar-refractivity contribution is -0.142. The normalized spacial score (nSPS) is 14.8. The Bertz CT molecular complexity index is 1570. The SMILES string of the molecule is O=C(c1ccccc1)c1ccc(C[C@@H](NC(=O)[C@@H]2Cc3ccccc3CN2C(=O)OCc2ccccc2)C(=O)O)cc1. The Balaban J connectivity index is 1.29. The molecule has 1 heterocycles. The van der Waals surface area contributed by atoms with Crippen molar-refractivity contribution < 1.29 is 29.0 Å². The van der Waals surface area contributed by atoms with Crippen molar-refractivity contribution in [2.75, 3.05) is 0 Å². The van der Waals surface area contributed by atoms with Crippen LogP contribution >= 0.6 is 0 Å². The van der Waals surface area contributed by atoms with Crippen LogP contribution in [0, 0.1) is 0 Å². The number of ether oxygens (including phenoxy) is 1. The predicted octanol–water partition coefficient (Wildman–Crippen LogP) is 4.79. The average molecular weight is 563 g/mol. The molecule has 8 nitrogen and oxygen atoms in total. The molecular formula is C34H30N2O6. The molecule has 0 fully saturated rings. The van der Waals surface area contributed by atoms with Crippen molar-refractivity contribution >= 4 is 23.8 Å². The monoisotopic (exact) mass is 562 g/mol. The van der Waals surface area contributed by atoms with Crippen LogP contribution < -0.4 is 5.32 Å². The molecule has 2 atom stereocenters. The number of nitrogens with zero attached hydrogens (tertiary/aromatic N) is 1. The van der Waals surface area contributed by atoms with Gasteiger partial charge < -0.3 is 15.2 Å². The molecule has 0 unspecified atom stereocenters. The second-order valence-corrected chi connectivity index (χ2v) is 10.2. The molecule has 0 aromatic heterocycles. The first-order valence-electron chi connectivity index (χ1n) is 13.6. The van der Waals surface area contributed by atoms with Gasteiger partial charge in [-0.15, -0.1) is 0 Å². The van der Waals surface area contributed by atoms with Gasteiger partial charge in [-0.05, 0) is 22.3 Å². The Morgan fingerprint density at radius 2 is 1.36 bits per heavy atom. The molecule has 1 aliphatic rings. The third kappa shape index (κ3) is 6.72. The molecule has 212 valence electrons. The van der Waals surface area contributed by atoms with Gasteiger partial charge in [-0.25, -0.2) is 9.59 Å². The maximum Gasteiger partial charge on any atom is 0.411 e. The van der Waals surface area contributed by atoms with E-state index in [4.69, 9.17) is 4.74 Å². The highest BCUT2D eigenvalue weighted by molar-refractivity contribution is 6.08. The summed E-state index contributed by atoms with van der Waals surface area (Å²) in [6.45, 7) is 0.212. The fourth-order valence-corrected chi connectivity index (χ4v) is 5.00. The van der Waals surface area contributed by atoms with E-state index in [-0.39, 0.29) is 31.8 Å². The number of hydrogen-bond donors (Lipinski definition) is 2. The van der Waals surface area contributed by atoms with E-state index >= 15 is 0 Å². The van der Waals surface area contributed by atoms with E-state index in [9.17, 15) is 24.3 Å². The minimum Gasteiger partial charge on any atom is -0.480 e. The quantitative estimate of drug-likeness (QED) is 0.284. The molecule has 0 spiro atoms. The first-order chi connectivity index (χ1) is 20.4. The lowest BCUT2D eigenvalue weighted by atomic mass is 9.93. The Morgan fingerprint density at radius 1 is 0.762 bits per heavy atom. The summed E-state index contributed by atoms with van der Waals surface area (Å²) in [5, 5.41) is 12.6. The molecule has 2 N–H and O–H groups in total. The zero-order valence-corrected chi connectivity index (χ0v) is 22.8. The number of fused-ring (bicyclic) bond motifs is 1. The molecule has 42 heavy (non-hydrogen) atoms. The van der Waals surface area contributed by atoms with Gasteiger partial charge in [0.1, 0.15) is 18.7 Å². The van der Waals surface area contributed by atoms with Gasteiger partial charge in [0.05, 0.1) is 6.54 Å². The van der Waals surface area contributed by atoms with Crippen LogP contribution in [0.4, 0.5) is 4.79 Å². The van der Waals surface area contributed by atoms with Gasteiger partial charge in [-0.3, -0.25) is 14.5 Å². The number of amides is 2. The largest absolute Gasteiger partial charge is 0.480 e. The Labute approximate surface area is 243 Å². The summed E-state index contributed by atoms with van der Waals surface area (Å²) in [4.78, 5) is 53.0. The summed E-state index contributed by atoms with van der Waals surface area (Å²) in [5.74, 6) is -1.92. The second-order valence-electron chi connectivity index (χ2n) is 10.2. The van der Waals surface area contributed by atoms with Gasteiger partial charge in [-0.1, -0.05) is 109 Å². The van der Waals surface area contributed by atoms with Crippen LogP contribution in [0.15, 0.2) is 109 Å². The van der Waals surface area contributed by atoms with Crippen molar-refractivity contribution in [3.63, 3.8) is 0 Å². The van der Waals surface area contributed by atoms with E-state index in [0.29, 0.717) is 16.7 Å². The van der Waals surface area contributed by atoms with Gasteiger partial charge in [0.15, 0.2) is 5.78 Å². The van der Waals surface area contributed by atoms with Crippen molar-refractivity contribution in [1.82, 2.24) is 10.2 Å². The summed E-state index contributed by atoms with van der Waals surface area (Å²) < 4.78 is 5.54. The zero-order valence-electron chi connectivity index (χ0n) is 22.8. The van der Waals surface area contributed by atoms with Gasteiger partial charge in [-0.2, -0.15) is 0 Å². The average Bonchev–Trinajstić information content (AvgIpc) is 3.03. The number of benzene rings is 4. The molecule has 2 amide bonds. The first-order valence-corrected chi connectivity index (χ1v) is 13.6. The fraction of sp³-hybridized carbons (Fsp3) is 0.176. The molecule has 0 radical (unpaired) electrons. The van der Waals surface area contributed by atoms with Crippen LogP contribution in [0.2, 0.25) is 0 Å². The fourth-order valence-electron chi connectivity index (χ4n) is 5.00. The molecule has 4 aromatic rings. The molecule has 1 aliphatic heterocycles. The number of rotatable bonds is 9. The van der Waals surface area contributed by atoms with Crippen molar-refractivity contribution in [3.8, 4) is 0 Å². The first kappa shape index (κ1) is 28.3. The topological polar surface area (TPSA) is 113 Å². The van der Waals surface area contributed by atoms with Crippen molar-refractivity contribution in [1.29, 1.82) is 0 Å². The number of carbonyl (C=O) groups is 4. The Kier molecular flexibility index (Phi) is 8.72. The molecular weight excluding hydrogens is 532 g/mol. The minimum atomic E-state index is -1.24. The lowest BCUT2D eigenvalue weighted by Gasteiger charge is -2.35. The van der Waals surface area contributed by atoms with Crippen LogP contribution in [-0.4, -0.2) is 45.8 Å². The predicted molar refractivity (Wildman–Crippen MR) is 156 cm³/mol. The van der Waals surface area contributed by atoms with E-state index in [1.54, 1.807) is 48.5 Å². The molecule has 4 aromatic carbocycles. The van der Waals surface area contributed by atoms with Gasteiger partial charge in [0.2, 0.25) is 5.91 Å². The van der Waals surface area contributed by atoms with Crippen molar-refractivity contribution in [2.45, 2.75) is 38.1 Å². The molecule has 0 saturated heterocycles. The van der Waals surface area contributed by atoms with E-state index in [2.05, 4.69) is 5.32 Å². The van der Waals surface area contributed by atoms with Crippen LogP contribution in [0.3, 0.4) is 0 Å². The maximum atomic E-state index is 13.5. The number of hydrogen-bond acceptors (Lipinski definition) is 5. The van der Waals surface area contributed by atoms with E-state index in [1.165, 1.54) is 4.90 Å². The summed E-state index contributed by atoms with van der Waals surface area (Å²) >= 11 is 0. The highest BCUT2D eigenvalue weighted by Crippen LogP contribution is 2.25. The highest BCUT2D eigenvalue weighted by atomic mass is 16.6. The lowest BCUT2D eigenvalue weighted by Crippen LogP contribution is -2.56. The van der Waals surface area contributed by atoms with E-state index < -0.39 is 30.1 Å². The molecule has 0 bridgehead atoms. The zero-order chi connectivity index (χ0) is 29.5. The van der Waals surface area contributed by atoms with Crippen LogP contribution in [0.1, 0.15) is 38.2 Å². The van der Waals surface area contributed by atoms with E-state index in [0.717, 1.165) is 16.7 Å². The number of carboxylic acid groups (broad SMARTS) is 1. The standard InChI is InChI=1S/C34H30N2O6/c37-31(25-11-5-2-6-12-25)26-17-15-23(16-18-26)19-29(33(39)40)35-32(38)30-20-27-13-7-8-14-28(27)21-36(30)34(41)42-22-24-9-3-1-4-10-24/h1-18,29-30H,19-22H2,(H,35,38)(H,39,40)/t29-,30+/m1/s1. The number of carboxylic acids is 1. The maximum absolute atomic E-state index is 13.5. The molecule has 8 heteroatoms. The summed E-state index contributed by atoms with van der Waals surface area (Å²) in [7, 11) is 0. The number of carbonyl (C=O) groups excluding carboxylic acids is 3. The molecule has 5 rings (SSSR count). The van der Waals surface area contributed by atoms with Crippen molar-refractivity contribution in [3.05, 3.63) is 143 Å². The summed E-state index contributed by atoms with van der Waals surface area (Å²) in [5.41, 5.74) is 4.30. The van der Waals surface area contributed by atoms with Gasteiger partial charge in [0.25, 0.3) is 0 Å². The third-order valence-electron chi connectivity index (χ3n) is 7.30. The Morgan fingerprint density at radius 3 is 2.02 bits per heavy atom. The Hall–Kier alpha value is -5.24. The smallest absolute Gasteiger partial charge is 0.411 e. The van der Waals surface area contributed by atoms with Gasteiger partial charge in [0, 0.05) is 24.0 Å². The summed E-state index contributed by atoms with van der Waals surface area (Å²) in [6, 6.07) is 30.1. The van der Waals surface area contributed by atoms with Crippen LogP contribution in [0.25, 0.3) is 0 Å². The highest BCUT2D eigenvalue weighted by Gasteiger charge is 2.37. The van der Waals surface area contributed by atoms with Crippen LogP contribution in [0.5, 0.6) is 0 Å². The summed E-state index contributed by atoms with van der Waals surface area (Å²) in [6.07, 6.45) is -0.424. The van der Waals surface area contributed by atoms with Crippen molar-refractivity contribution in [2.24, 2.45) is 0 Å². The molecule has 0 aliphatic carbocycles. The minimum absolute atomic E-state index is 0.00262. The second kappa shape index (κ2) is 13.0.